The second-order valence-electron chi connectivity index (χ2n) is 9.13. The summed E-state index contributed by atoms with van der Waals surface area (Å²) in [7, 11) is 0. The fraction of sp³-hybridized carbons (Fsp3) is 0.423. The summed E-state index contributed by atoms with van der Waals surface area (Å²) in [6.45, 7) is 1.17. The van der Waals surface area contributed by atoms with Crippen molar-refractivity contribution < 1.29 is 19.1 Å². The number of amides is 3. The fourth-order valence-corrected chi connectivity index (χ4v) is 5.12. The van der Waals surface area contributed by atoms with Crippen molar-refractivity contribution in [3.8, 4) is 5.75 Å². The summed E-state index contributed by atoms with van der Waals surface area (Å²) in [5.74, 6) is -0.0753. The molecule has 2 aromatic carbocycles. The summed E-state index contributed by atoms with van der Waals surface area (Å²) >= 11 is 0. The first-order valence-corrected chi connectivity index (χ1v) is 11.8. The van der Waals surface area contributed by atoms with Gasteiger partial charge in [0.25, 0.3) is 5.91 Å². The zero-order chi connectivity index (χ0) is 22.8. The van der Waals surface area contributed by atoms with Gasteiger partial charge in [-0.15, -0.1) is 0 Å². The minimum atomic E-state index is -0.600. The van der Waals surface area contributed by atoms with Crippen LogP contribution in [0.1, 0.15) is 60.0 Å². The third-order valence-corrected chi connectivity index (χ3v) is 6.90. The highest BCUT2D eigenvalue weighted by atomic mass is 16.5. The van der Waals surface area contributed by atoms with Crippen LogP contribution in [0.3, 0.4) is 0 Å². The van der Waals surface area contributed by atoms with E-state index in [0.717, 1.165) is 37.1 Å². The first kappa shape index (κ1) is 21.6. The van der Waals surface area contributed by atoms with Gasteiger partial charge >= 0.3 is 0 Å². The topological polar surface area (TPSA) is 87.7 Å². The van der Waals surface area contributed by atoms with Gasteiger partial charge in [-0.05, 0) is 55.0 Å². The smallest absolute Gasteiger partial charge is 0.255 e. The van der Waals surface area contributed by atoms with Crippen LogP contribution in [0.25, 0.3) is 0 Å². The van der Waals surface area contributed by atoms with E-state index in [-0.39, 0.29) is 30.4 Å². The van der Waals surface area contributed by atoms with Crippen LogP contribution in [0, 0.1) is 0 Å². The van der Waals surface area contributed by atoms with E-state index >= 15 is 0 Å². The van der Waals surface area contributed by atoms with Crippen molar-refractivity contribution in [1.82, 2.24) is 15.5 Å². The van der Waals surface area contributed by atoms with Crippen LogP contribution in [0.5, 0.6) is 5.75 Å². The van der Waals surface area contributed by atoms with E-state index < -0.39 is 11.9 Å². The van der Waals surface area contributed by atoms with E-state index in [2.05, 4.69) is 34.9 Å². The van der Waals surface area contributed by atoms with Gasteiger partial charge in [0.2, 0.25) is 11.8 Å². The van der Waals surface area contributed by atoms with Crippen molar-refractivity contribution in [3.63, 3.8) is 0 Å². The molecule has 7 nitrogen and oxygen atoms in total. The molecule has 2 N–H and O–H groups in total. The summed E-state index contributed by atoms with van der Waals surface area (Å²) in [6, 6.07) is 15.6. The van der Waals surface area contributed by atoms with Gasteiger partial charge in [0.15, 0.2) is 0 Å². The highest BCUT2D eigenvalue weighted by Gasteiger charge is 2.39. The maximum absolute atomic E-state index is 12.9. The van der Waals surface area contributed by atoms with E-state index in [1.165, 1.54) is 12.0 Å². The molecule has 0 aromatic heterocycles. The third kappa shape index (κ3) is 4.64. The average molecular weight is 448 g/mol. The van der Waals surface area contributed by atoms with Crippen LogP contribution < -0.4 is 15.4 Å². The number of carbonyl (C=O) groups is 3. The zero-order valence-corrected chi connectivity index (χ0v) is 18.6. The van der Waals surface area contributed by atoms with Crippen LogP contribution in [0.15, 0.2) is 48.5 Å². The summed E-state index contributed by atoms with van der Waals surface area (Å²) in [5.41, 5.74) is 2.73. The van der Waals surface area contributed by atoms with Crippen LogP contribution in [-0.2, 0) is 22.7 Å². The van der Waals surface area contributed by atoms with E-state index in [1.54, 1.807) is 11.0 Å². The molecule has 1 aliphatic carbocycles. The normalized spacial score (nSPS) is 25.0. The maximum atomic E-state index is 12.9. The van der Waals surface area contributed by atoms with Gasteiger partial charge in [-0.2, -0.15) is 0 Å². The Hall–Kier alpha value is -3.19. The van der Waals surface area contributed by atoms with Gasteiger partial charge in [0.1, 0.15) is 17.9 Å². The van der Waals surface area contributed by atoms with E-state index in [4.69, 9.17) is 4.74 Å². The Kier molecular flexibility index (Phi) is 6.13. The molecule has 2 aliphatic heterocycles. The summed E-state index contributed by atoms with van der Waals surface area (Å²) in [6.07, 6.45) is 5.08. The van der Waals surface area contributed by atoms with Crippen LogP contribution >= 0.6 is 0 Å². The average Bonchev–Trinajstić information content (AvgIpc) is 3.14. The Morgan fingerprint density at radius 3 is 2.64 bits per heavy atom. The molecular weight excluding hydrogens is 418 g/mol. The molecule has 0 radical (unpaired) electrons. The molecule has 1 unspecified atom stereocenters. The SMILES string of the molecule is O=C1CCC(N2Cc3cc(O[C@H]4CCCC[C@H]4NCc4ccccc4)ccc3C2=O)C(=O)N1. The highest BCUT2D eigenvalue weighted by Crippen LogP contribution is 2.32. The lowest BCUT2D eigenvalue weighted by Gasteiger charge is -2.33. The number of hydrogen-bond acceptors (Lipinski definition) is 5. The molecule has 2 fully saturated rings. The molecule has 33 heavy (non-hydrogen) atoms. The van der Waals surface area contributed by atoms with Crippen LogP contribution in [0.4, 0.5) is 0 Å². The van der Waals surface area contributed by atoms with Crippen molar-refractivity contribution in [2.75, 3.05) is 0 Å². The minimum absolute atomic E-state index is 0.0730. The summed E-state index contributed by atoms with van der Waals surface area (Å²) in [4.78, 5) is 38.2. The zero-order valence-electron chi connectivity index (χ0n) is 18.6. The minimum Gasteiger partial charge on any atom is -0.489 e. The molecule has 3 amide bonds. The molecular formula is C26H29N3O4. The van der Waals surface area contributed by atoms with E-state index in [9.17, 15) is 14.4 Å². The largest absolute Gasteiger partial charge is 0.489 e. The van der Waals surface area contributed by atoms with Gasteiger partial charge in [-0.3, -0.25) is 19.7 Å². The molecule has 2 aromatic rings. The molecule has 1 saturated carbocycles. The highest BCUT2D eigenvalue weighted by molar-refractivity contribution is 6.05. The van der Waals surface area contributed by atoms with Gasteiger partial charge < -0.3 is 15.0 Å². The van der Waals surface area contributed by atoms with Gasteiger partial charge in [0, 0.05) is 31.1 Å². The molecule has 3 aliphatic rings. The second-order valence-corrected chi connectivity index (χ2v) is 9.13. The summed E-state index contributed by atoms with van der Waals surface area (Å²) < 4.78 is 6.42. The standard InChI is InChI=1S/C26H29N3O4/c30-24-13-12-22(25(31)28-24)29-16-18-14-19(10-11-20(18)26(29)32)33-23-9-5-4-8-21(23)27-15-17-6-2-1-3-7-17/h1-3,6-7,10-11,14,21-23,27H,4-5,8-9,12-13,15-16H2,(H,28,30,31)/t21-,22?,23+/m1/s1. The monoisotopic (exact) mass is 447 g/mol. The number of ether oxygens (including phenoxy) is 1. The number of fused-ring (bicyclic) bond motifs is 1. The molecule has 0 spiro atoms. The number of nitrogens with one attached hydrogen (secondary N) is 2. The number of piperidine rings is 1. The maximum Gasteiger partial charge on any atom is 0.255 e. The van der Waals surface area contributed by atoms with Crippen molar-refractivity contribution in [2.45, 2.75) is 69.8 Å². The Morgan fingerprint density at radius 1 is 1.00 bits per heavy atom. The molecule has 3 atom stereocenters. The Labute approximate surface area is 193 Å². The predicted molar refractivity (Wildman–Crippen MR) is 122 cm³/mol. The number of benzene rings is 2. The summed E-state index contributed by atoms with van der Waals surface area (Å²) in [5, 5.41) is 6.01. The number of carbonyl (C=O) groups excluding carboxylic acids is 3. The number of rotatable bonds is 6. The lowest BCUT2D eigenvalue weighted by molar-refractivity contribution is -0.136. The quantitative estimate of drug-likeness (QED) is 0.665. The van der Waals surface area contributed by atoms with Gasteiger partial charge in [-0.25, -0.2) is 0 Å². The predicted octanol–water partition coefficient (Wildman–Crippen LogP) is 2.93. The van der Waals surface area contributed by atoms with Crippen molar-refractivity contribution in [1.29, 1.82) is 0 Å². The third-order valence-electron chi connectivity index (χ3n) is 6.90. The van der Waals surface area contributed by atoms with Gasteiger partial charge in [-0.1, -0.05) is 36.8 Å². The van der Waals surface area contributed by atoms with E-state index in [1.807, 2.05) is 18.2 Å². The Balaban J connectivity index is 1.25. The molecule has 5 rings (SSSR count). The van der Waals surface area contributed by atoms with Crippen molar-refractivity contribution in [3.05, 3.63) is 65.2 Å². The first-order valence-electron chi connectivity index (χ1n) is 11.8. The fourth-order valence-electron chi connectivity index (χ4n) is 5.12. The lowest BCUT2D eigenvalue weighted by Crippen LogP contribution is -2.52. The van der Waals surface area contributed by atoms with Crippen molar-refractivity contribution >= 4 is 17.7 Å². The molecule has 1 saturated heterocycles. The van der Waals surface area contributed by atoms with Gasteiger partial charge in [0.05, 0.1) is 0 Å². The second kappa shape index (κ2) is 9.35. The van der Waals surface area contributed by atoms with Crippen LogP contribution in [0.2, 0.25) is 0 Å². The lowest BCUT2D eigenvalue weighted by atomic mass is 9.92. The first-order chi connectivity index (χ1) is 16.1. The molecule has 0 bridgehead atoms. The number of imide groups is 1. The molecule has 2 heterocycles. The Bertz CT molecular complexity index is 1050. The number of hydrogen-bond donors (Lipinski definition) is 2. The Morgan fingerprint density at radius 2 is 1.82 bits per heavy atom. The van der Waals surface area contributed by atoms with Crippen LogP contribution in [-0.4, -0.2) is 40.8 Å². The molecule has 172 valence electrons. The van der Waals surface area contributed by atoms with Crippen molar-refractivity contribution in [2.24, 2.45) is 0 Å². The molecule has 7 heteroatoms. The number of nitrogens with zero attached hydrogens (tertiary/aromatic N) is 1. The van der Waals surface area contributed by atoms with E-state index in [0.29, 0.717) is 18.5 Å².